The smallest absolute Gasteiger partial charge is 0.312 e. The molecule has 1 fully saturated rings. The van der Waals surface area contributed by atoms with Gasteiger partial charge in [-0.25, -0.2) is 0 Å². The molecule has 0 aliphatic carbocycles. The van der Waals surface area contributed by atoms with Crippen molar-refractivity contribution in [2.24, 2.45) is 0 Å². The molecule has 0 spiro atoms. The summed E-state index contributed by atoms with van der Waals surface area (Å²) < 4.78 is 37.9. The average Bonchev–Trinajstić information content (AvgIpc) is 2.66. The number of benzene rings is 1. The first-order chi connectivity index (χ1) is 9.31. The third kappa shape index (κ3) is 3.12. The van der Waals surface area contributed by atoms with Crippen molar-refractivity contribution in [3.8, 4) is 0 Å². The normalized spacial score (nSPS) is 23.4. The van der Waals surface area contributed by atoms with Gasteiger partial charge in [-0.15, -0.1) is 0 Å². The molecule has 1 heterocycles. The lowest BCUT2D eigenvalue weighted by Crippen LogP contribution is -2.38. The number of rotatable bonds is 3. The molecule has 2 rings (SSSR count). The summed E-state index contributed by atoms with van der Waals surface area (Å²) in [4.78, 5) is 12.9. The summed E-state index contributed by atoms with van der Waals surface area (Å²) >= 11 is 0. The van der Waals surface area contributed by atoms with Crippen LogP contribution in [-0.4, -0.2) is 29.6 Å². The first kappa shape index (κ1) is 14.8. The molecule has 1 amide bonds. The second kappa shape index (κ2) is 5.44. The van der Waals surface area contributed by atoms with Crippen LogP contribution in [0.1, 0.15) is 30.6 Å². The number of halogens is 3. The molecule has 2 atom stereocenters. The van der Waals surface area contributed by atoms with E-state index < -0.39 is 30.8 Å². The summed E-state index contributed by atoms with van der Waals surface area (Å²) in [7, 11) is 0. The molecule has 110 valence electrons. The highest BCUT2D eigenvalue weighted by Crippen LogP contribution is 2.30. The zero-order valence-electron chi connectivity index (χ0n) is 11.4. The third-order valence-corrected chi connectivity index (χ3v) is 3.40. The Morgan fingerprint density at radius 2 is 1.85 bits per heavy atom. The number of aryl methyl sites for hydroxylation is 1. The van der Waals surface area contributed by atoms with E-state index >= 15 is 0 Å². The van der Waals surface area contributed by atoms with Crippen molar-refractivity contribution < 1.29 is 18.0 Å². The molecular weight excluding hydrogens is 269 g/mol. The Bertz CT molecular complexity index is 484. The molecule has 0 bridgehead atoms. The van der Waals surface area contributed by atoms with Gasteiger partial charge in [0.05, 0.1) is 6.04 Å². The van der Waals surface area contributed by atoms with Crippen molar-refractivity contribution in [1.29, 1.82) is 0 Å². The molecule has 6 heteroatoms. The van der Waals surface area contributed by atoms with E-state index in [0.717, 1.165) is 10.5 Å². The van der Waals surface area contributed by atoms with Crippen LogP contribution in [0.25, 0.3) is 0 Å². The van der Waals surface area contributed by atoms with E-state index in [4.69, 9.17) is 0 Å². The van der Waals surface area contributed by atoms with Gasteiger partial charge in [0, 0.05) is 0 Å². The van der Waals surface area contributed by atoms with Crippen LogP contribution in [0.5, 0.6) is 0 Å². The lowest BCUT2D eigenvalue weighted by atomic mass is 10.1. The summed E-state index contributed by atoms with van der Waals surface area (Å²) in [6, 6.07) is 6.60. The second-order valence-corrected chi connectivity index (χ2v) is 5.02. The molecule has 0 saturated carbocycles. The number of carbonyl (C=O) groups excluding carboxylic acids is 1. The Morgan fingerprint density at radius 1 is 1.25 bits per heavy atom. The molecule has 2 unspecified atom stereocenters. The van der Waals surface area contributed by atoms with Gasteiger partial charge in [0.15, 0.2) is 0 Å². The standard InChI is InChI=1S/C14H17F3N2O/c1-3-11-13(20)19(8-14(15,16)17)12(18-11)10-6-4-9(2)5-7-10/h4-7,11-12,18H,3,8H2,1-2H3. The molecule has 1 aromatic carbocycles. The van der Waals surface area contributed by atoms with E-state index in [-0.39, 0.29) is 0 Å². The van der Waals surface area contributed by atoms with Gasteiger partial charge in [0.1, 0.15) is 12.7 Å². The van der Waals surface area contributed by atoms with Gasteiger partial charge in [-0.2, -0.15) is 13.2 Å². The van der Waals surface area contributed by atoms with E-state index in [0.29, 0.717) is 12.0 Å². The van der Waals surface area contributed by atoms with Gasteiger partial charge in [-0.1, -0.05) is 36.8 Å². The molecule has 1 aliphatic rings. The summed E-state index contributed by atoms with van der Waals surface area (Å²) in [5.74, 6) is -0.490. The van der Waals surface area contributed by atoms with Crippen LogP contribution in [0.4, 0.5) is 13.2 Å². The van der Waals surface area contributed by atoms with Crippen molar-refractivity contribution in [3.05, 3.63) is 35.4 Å². The van der Waals surface area contributed by atoms with E-state index in [1.54, 1.807) is 19.1 Å². The quantitative estimate of drug-likeness (QED) is 0.926. The van der Waals surface area contributed by atoms with Crippen molar-refractivity contribution in [2.75, 3.05) is 6.54 Å². The van der Waals surface area contributed by atoms with E-state index in [2.05, 4.69) is 5.32 Å². The maximum absolute atomic E-state index is 12.6. The summed E-state index contributed by atoms with van der Waals surface area (Å²) in [6.07, 6.45) is -4.65. The van der Waals surface area contributed by atoms with Crippen LogP contribution in [-0.2, 0) is 4.79 Å². The Kier molecular flexibility index (Phi) is 4.04. The Morgan fingerprint density at radius 3 is 2.35 bits per heavy atom. The van der Waals surface area contributed by atoms with Gasteiger partial charge in [0.2, 0.25) is 5.91 Å². The Balaban J connectivity index is 2.28. The van der Waals surface area contributed by atoms with Gasteiger partial charge >= 0.3 is 6.18 Å². The predicted molar refractivity (Wildman–Crippen MR) is 68.9 cm³/mol. The van der Waals surface area contributed by atoms with Crippen LogP contribution >= 0.6 is 0 Å². The number of amides is 1. The number of alkyl halides is 3. The number of nitrogens with zero attached hydrogens (tertiary/aromatic N) is 1. The van der Waals surface area contributed by atoms with E-state index in [1.165, 1.54) is 0 Å². The highest BCUT2D eigenvalue weighted by atomic mass is 19.4. The molecule has 1 N–H and O–H groups in total. The van der Waals surface area contributed by atoms with Gasteiger partial charge in [-0.3, -0.25) is 10.1 Å². The second-order valence-electron chi connectivity index (χ2n) is 5.02. The number of hydrogen-bond donors (Lipinski definition) is 1. The van der Waals surface area contributed by atoms with Gasteiger partial charge < -0.3 is 4.90 Å². The summed E-state index contributed by atoms with van der Waals surface area (Å²) in [5, 5.41) is 2.98. The van der Waals surface area contributed by atoms with Crippen molar-refractivity contribution in [2.45, 2.75) is 38.7 Å². The molecule has 1 aromatic rings. The number of hydrogen-bond acceptors (Lipinski definition) is 2. The maximum atomic E-state index is 12.6. The first-order valence-electron chi connectivity index (χ1n) is 6.51. The number of nitrogens with one attached hydrogen (secondary N) is 1. The minimum Gasteiger partial charge on any atom is -0.312 e. The van der Waals surface area contributed by atoms with Crippen LogP contribution in [0.15, 0.2) is 24.3 Å². The summed E-state index contributed by atoms with van der Waals surface area (Å²) in [5.41, 5.74) is 1.69. The van der Waals surface area contributed by atoms with Gasteiger partial charge in [0.25, 0.3) is 0 Å². The highest BCUT2D eigenvalue weighted by Gasteiger charge is 2.44. The highest BCUT2D eigenvalue weighted by molar-refractivity contribution is 5.84. The van der Waals surface area contributed by atoms with Crippen molar-refractivity contribution >= 4 is 5.91 Å². The third-order valence-electron chi connectivity index (χ3n) is 3.40. The Labute approximate surface area is 115 Å². The van der Waals surface area contributed by atoms with E-state index in [1.807, 2.05) is 19.1 Å². The monoisotopic (exact) mass is 286 g/mol. The van der Waals surface area contributed by atoms with Crippen LogP contribution in [0.2, 0.25) is 0 Å². The van der Waals surface area contributed by atoms with Crippen LogP contribution in [0, 0.1) is 6.92 Å². The molecular formula is C14H17F3N2O. The van der Waals surface area contributed by atoms with Crippen molar-refractivity contribution in [3.63, 3.8) is 0 Å². The maximum Gasteiger partial charge on any atom is 0.406 e. The van der Waals surface area contributed by atoms with E-state index in [9.17, 15) is 18.0 Å². The zero-order valence-corrected chi connectivity index (χ0v) is 11.4. The minimum absolute atomic E-state index is 0.468. The molecule has 0 aromatic heterocycles. The fraction of sp³-hybridized carbons (Fsp3) is 0.500. The lowest BCUT2D eigenvalue weighted by molar-refractivity contribution is -0.161. The first-order valence-corrected chi connectivity index (χ1v) is 6.51. The summed E-state index contributed by atoms with van der Waals surface area (Å²) in [6.45, 7) is 2.45. The molecule has 20 heavy (non-hydrogen) atoms. The molecule has 3 nitrogen and oxygen atoms in total. The number of carbonyl (C=O) groups is 1. The predicted octanol–water partition coefficient (Wildman–Crippen LogP) is 2.77. The topological polar surface area (TPSA) is 32.3 Å². The molecule has 1 saturated heterocycles. The lowest BCUT2D eigenvalue weighted by Gasteiger charge is -2.25. The molecule has 0 radical (unpaired) electrons. The van der Waals surface area contributed by atoms with Crippen molar-refractivity contribution in [1.82, 2.24) is 10.2 Å². The SMILES string of the molecule is CCC1NC(c2ccc(C)cc2)N(CC(F)(F)F)C1=O. The largest absolute Gasteiger partial charge is 0.406 e. The zero-order chi connectivity index (χ0) is 14.9. The Hall–Kier alpha value is -1.56. The fourth-order valence-corrected chi connectivity index (χ4v) is 2.36. The minimum atomic E-state index is -4.40. The van der Waals surface area contributed by atoms with Crippen LogP contribution in [0.3, 0.4) is 0 Å². The van der Waals surface area contributed by atoms with Crippen LogP contribution < -0.4 is 5.32 Å². The molecule has 1 aliphatic heterocycles. The van der Waals surface area contributed by atoms with Gasteiger partial charge in [-0.05, 0) is 18.9 Å². The average molecular weight is 286 g/mol. The fourth-order valence-electron chi connectivity index (χ4n) is 2.36.